The molecule has 7 nitrogen and oxygen atoms in total. The minimum Gasteiger partial charge on any atom is -0.495 e. The monoisotopic (exact) mass is 303 g/mol. The molecule has 1 unspecified atom stereocenters. The maximum Gasteiger partial charge on any atom is 0.247 e. The Morgan fingerprint density at radius 2 is 2.27 bits per heavy atom. The zero-order valence-corrected chi connectivity index (χ0v) is 12.5. The van der Waals surface area contributed by atoms with Gasteiger partial charge in [0.05, 0.1) is 25.3 Å². The largest absolute Gasteiger partial charge is 0.495 e. The number of nitrogens with one attached hydrogen (secondary N) is 1. The number of anilines is 1. The highest BCUT2D eigenvalue weighted by Crippen LogP contribution is 2.31. The highest BCUT2D eigenvalue weighted by Gasteiger charge is 2.24. The third kappa shape index (κ3) is 2.94. The standard InChI is InChI=1S/C15H17N3O4/c1-9-17-18-15(22-9)10-3-4-13(20-2)12(7-10)16-14(19)11-5-6-21-8-11/h3-4,7,11H,5-6,8H2,1-2H3,(H,16,19). The van der Waals surface area contributed by atoms with Crippen molar-refractivity contribution in [2.45, 2.75) is 13.3 Å². The van der Waals surface area contributed by atoms with Crippen LogP contribution in [0.3, 0.4) is 0 Å². The number of hydrogen-bond donors (Lipinski definition) is 1. The number of aryl methyl sites for hydroxylation is 1. The first kappa shape index (κ1) is 14.5. The number of hydrogen-bond acceptors (Lipinski definition) is 6. The summed E-state index contributed by atoms with van der Waals surface area (Å²) < 4.78 is 15.9. The van der Waals surface area contributed by atoms with Crippen molar-refractivity contribution >= 4 is 11.6 Å². The van der Waals surface area contributed by atoms with Crippen molar-refractivity contribution in [2.75, 3.05) is 25.6 Å². The van der Waals surface area contributed by atoms with Gasteiger partial charge < -0.3 is 19.2 Å². The van der Waals surface area contributed by atoms with Crippen molar-refractivity contribution in [3.8, 4) is 17.2 Å². The van der Waals surface area contributed by atoms with Gasteiger partial charge in [0.15, 0.2) is 0 Å². The number of methoxy groups -OCH3 is 1. The molecule has 1 aliphatic heterocycles. The Morgan fingerprint density at radius 1 is 1.41 bits per heavy atom. The van der Waals surface area contributed by atoms with E-state index < -0.39 is 0 Å². The van der Waals surface area contributed by atoms with Gasteiger partial charge in [-0.2, -0.15) is 0 Å². The van der Waals surface area contributed by atoms with E-state index in [2.05, 4.69) is 15.5 Å². The molecule has 1 N–H and O–H groups in total. The van der Waals surface area contributed by atoms with Crippen molar-refractivity contribution in [1.29, 1.82) is 0 Å². The van der Waals surface area contributed by atoms with Crippen LogP contribution in [0.25, 0.3) is 11.5 Å². The molecule has 0 aliphatic carbocycles. The van der Waals surface area contributed by atoms with Crippen LogP contribution in [0.2, 0.25) is 0 Å². The topological polar surface area (TPSA) is 86.5 Å². The van der Waals surface area contributed by atoms with Crippen LogP contribution in [0.15, 0.2) is 22.6 Å². The van der Waals surface area contributed by atoms with Crippen molar-refractivity contribution < 1.29 is 18.7 Å². The van der Waals surface area contributed by atoms with Crippen LogP contribution in [0.1, 0.15) is 12.3 Å². The van der Waals surface area contributed by atoms with Gasteiger partial charge in [-0.05, 0) is 24.6 Å². The van der Waals surface area contributed by atoms with Gasteiger partial charge in [0.25, 0.3) is 0 Å². The van der Waals surface area contributed by atoms with Crippen molar-refractivity contribution in [1.82, 2.24) is 10.2 Å². The molecule has 7 heteroatoms. The molecule has 3 rings (SSSR count). The number of ether oxygens (including phenoxy) is 2. The molecule has 1 saturated heterocycles. The van der Waals surface area contributed by atoms with Crippen LogP contribution in [-0.4, -0.2) is 36.4 Å². The van der Waals surface area contributed by atoms with Gasteiger partial charge in [0, 0.05) is 19.1 Å². The first-order valence-electron chi connectivity index (χ1n) is 7.04. The zero-order chi connectivity index (χ0) is 15.5. The molecular formula is C15H17N3O4. The van der Waals surface area contributed by atoms with E-state index >= 15 is 0 Å². The zero-order valence-electron chi connectivity index (χ0n) is 12.5. The second-order valence-electron chi connectivity index (χ2n) is 5.09. The Balaban J connectivity index is 1.86. The Morgan fingerprint density at radius 3 is 2.91 bits per heavy atom. The summed E-state index contributed by atoms with van der Waals surface area (Å²) >= 11 is 0. The number of amides is 1. The maximum absolute atomic E-state index is 12.2. The van der Waals surface area contributed by atoms with E-state index in [4.69, 9.17) is 13.9 Å². The van der Waals surface area contributed by atoms with Crippen molar-refractivity contribution in [3.05, 3.63) is 24.1 Å². The Hall–Kier alpha value is -2.41. The number of rotatable bonds is 4. The van der Waals surface area contributed by atoms with Gasteiger partial charge >= 0.3 is 0 Å². The fraction of sp³-hybridized carbons (Fsp3) is 0.400. The molecule has 1 aromatic heterocycles. The predicted octanol–water partition coefficient (Wildman–Crippen LogP) is 2.03. The Bertz CT molecular complexity index is 677. The van der Waals surface area contributed by atoms with E-state index in [-0.39, 0.29) is 11.8 Å². The second kappa shape index (κ2) is 6.15. The maximum atomic E-state index is 12.2. The molecule has 2 aromatic rings. The molecule has 116 valence electrons. The second-order valence-corrected chi connectivity index (χ2v) is 5.09. The van der Waals surface area contributed by atoms with Crippen LogP contribution in [-0.2, 0) is 9.53 Å². The van der Waals surface area contributed by atoms with E-state index in [0.717, 1.165) is 12.0 Å². The van der Waals surface area contributed by atoms with E-state index in [1.165, 1.54) is 0 Å². The van der Waals surface area contributed by atoms with Crippen LogP contribution >= 0.6 is 0 Å². The average molecular weight is 303 g/mol. The van der Waals surface area contributed by atoms with Gasteiger partial charge in [-0.25, -0.2) is 0 Å². The van der Waals surface area contributed by atoms with E-state index in [0.29, 0.717) is 36.4 Å². The molecule has 1 aromatic carbocycles. The van der Waals surface area contributed by atoms with E-state index in [9.17, 15) is 4.79 Å². The summed E-state index contributed by atoms with van der Waals surface area (Å²) in [6, 6.07) is 5.33. The van der Waals surface area contributed by atoms with Crippen molar-refractivity contribution in [3.63, 3.8) is 0 Å². The predicted molar refractivity (Wildman–Crippen MR) is 78.6 cm³/mol. The molecule has 22 heavy (non-hydrogen) atoms. The van der Waals surface area contributed by atoms with Gasteiger partial charge in [0.1, 0.15) is 5.75 Å². The lowest BCUT2D eigenvalue weighted by Crippen LogP contribution is -2.23. The summed E-state index contributed by atoms with van der Waals surface area (Å²) in [5.41, 5.74) is 1.30. The minimum absolute atomic E-state index is 0.0744. The molecule has 0 spiro atoms. The quantitative estimate of drug-likeness (QED) is 0.930. The molecule has 0 bridgehead atoms. The first-order chi connectivity index (χ1) is 10.7. The number of nitrogens with zero attached hydrogens (tertiary/aromatic N) is 2. The normalized spacial score (nSPS) is 17.5. The number of benzene rings is 1. The van der Waals surface area contributed by atoms with E-state index in [1.54, 1.807) is 32.2 Å². The first-order valence-corrected chi connectivity index (χ1v) is 7.04. The lowest BCUT2D eigenvalue weighted by Gasteiger charge is -2.13. The van der Waals surface area contributed by atoms with Gasteiger partial charge in [-0.15, -0.1) is 10.2 Å². The fourth-order valence-electron chi connectivity index (χ4n) is 2.33. The summed E-state index contributed by atoms with van der Waals surface area (Å²) in [5, 5.41) is 10.7. The SMILES string of the molecule is COc1ccc(-c2nnc(C)o2)cc1NC(=O)C1CCOC1. The van der Waals surface area contributed by atoms with Crippen LogP contribution < -0.4 is 10.1 Å². The van der Waals surface area contributed by atoms with E-state index in [1.807, 2.05) is 0 Å². The summed E-state index contributed by atoms with van der Waals surface area (Å²) in [4.78, 5) is 12.2. The molecule has 1 fully saturated rings. The smallest absolute Gasteiger partial charge is 0.247 e. The minimum atomic E-state index is -0.126. The number of carbonyl (C=O) groups excluding carboxylic acids is 1. The van der Waals surface area contributed by atoms with Crippen LogP contribution in [0, 0.1) is 12.8 Å². The number of carbonyl (C=O) groups is 1. The summed E-state index contributed by atoms with van der Waals surface area (Å²) in [5.74, 6) is 1.26. The van der Waals surface area contributed by atoms with Crippen molar-refractivity contribution in [2.24, 2.45) is 5.92 Å². The van der Waals surface area contributed by atoms with Gasteiger partial charge in [-0.1, -0.05) is 0 Å². The molecule has 2 heterocycles. The van der Waals surface area contributed by atoms with Gasteiger partial charge in [-0.3, -0.25) is 4.79 Å². The lowest BCUT2D eigenvalue weighted by atomic mass is 10.1. The van der Waals surface area contributed by atoms with Crippen LogP contribution in [0.5, 0.6) is 5.75 Å². The lowest BCUT2D eigenvalue weighted by molar-refractivity contribution is -0.119. The fourth-order valence-corrected chi connectivity index (χ4v) is 2.33. The summed E-state index contributed by atoms with van der Waals surface area (Å²) in [6.45, 7) is 2.80. The molecule has 0 radical (unpaired) electrons. The third-order valence-electron chi connectivity index (χ3n) is 3.53. The average Bonchev–Trinajstić information content (AvgIpc) is 3.18. The molecule has 0 saturated carbocycles. The van der Waals surface area contributed by atoms with Gasteiger partial charge in [0.2, 0.25) is 17.7 Å². The Kier molecular flexibility index (Phi) is 4.06. The molecule has 1 aliphatic rings. The molecule has 1 amide bonds. The third-order valence-corrected chi connectivity index (χ3v) is 3.53. The van der Waals surface area contributed by atoms with Crippen LogP contribution in [0.4, 0.5) is 5.69 Å². The summed E-state index contributed by atoms with van der Waals surface area (Å²) in [6.07, 6.45) is 0.733. The number of aromatic nitrogens is 2. The molecular weight excluding hydrogens is 286 g/mol. The summed E-state index contributed by atoms with van der Waals surface area (Å²) in [7, 11) is 1.56. The highest BCUT2D eigenvalue weighted by molar-refractivity contribution is 5.94. The highest BCUT2D eigenvalue weighted by atomic mass is 16.5. The molecule has 1 atom stereocenters. The Labute approximate surface area is 127 Å².